The number of thiocarbonyl (C=S) groups is 1. The fourth-order valence-corrected chi connectivity index (χ4v) is 2.21. The SMILES string of the molecule is CC1CSC/C1=N\NC(=S)N(C)C. The third-order valence-electron chi connectivity index (χ3n) is 1.89. The van der Waals surface area contributed by atoms with Gasteiger partial charge in [-0.3, -0.25) is 5.43 Å². The van der Waals surface area contributed by atoms with Crippen LogP contribution in [0.25, 0.3) is 0 Å². The predicted octanol–water partition coefficient (Wildman–Crippen LogP) is 1.16. The Bertz CT molecular complexity index is 225. The van der Waals surface area contributed by atoms with E-state index in [9.17, 15) is 0 Å². The van der Waals surface area contributed by atoms with Gasteiger partial charge >= 0.3 is 0 Å². The van der Waals surface area contributed by atoms with Gasteiger partial charge in [-0.25, -0.2) is 0 Å². The summed E-state index contributed by atoms with van der Waals surface area (Å²) < 4.78 is 0. The summed E-state index contributed by atoms with van der Waals surface area (Å²) in [6.45, 7) is 2.19. The molecule has 1 unspecified atom stereocenters. The molecule has 0 aromatic heterocycles. The van der Waals surface area contributed by atoms with Crippen molar-refractivity contribution in [2.75, 3.05) is 25.6 Å². The smallest absolute Gasteiger partial charge is 0.189 e. The van der Waals surface area contributed by atoms with Crippen LogP contribution in [0, 0.1) is 5.92 Å². The summed E-state index contributed by atoms with van der Waals surface area (Å²) in [5.41, 5.74) is 4.10. The molecule has 0 saturated carbocycles. The Kier molecular flexibility index (Phi) is 3.99. The van der Waals surface area contributed by atoms with Crippen LogP contribution < -0.4 is 5.43 Å². The van der Waals surface area contributed by atoms with Crippen LogP contribution in [0.5, 0.6) is 0 Å². The fraction of sp³-hybridized carbons (Fsp3) is 0.750. The summed E-state index contributed by atoms with van der Waals surface area (Å²) in [5, 5.41) is 4.95. The third-order valence-corrected chi connectivity index (χ3v) is 3.58. The highest BCUT2D eigenvalue weighted by Crippen LogP contribution is 2.20. The largest absolute Gasteiger partial charge is 0.354 e. The van der Waals surface area contributed by atoms with Crippen molar-refractivity contribution in [2.45, 2.75) is 6.92 Å². The van der Waals surface area contributed by atoms with Gasteiger partial charge in [-0.1, -0.05) is 6.92 Å². The first-order chi connectivity index (χ1) is 6.11. The van der Waals surface area contributed by atoms with E-state index in [0.29, 0.717) is 11.0 Å². The van der Waals surface area contributed by atoms with Gasteiger partial charge < -0.3 is 4.90 Å². The number of rotatable bonds is 1. The molecule has 1 atom stereocenters. The molecule has 0 aromatic carbocycles. The van der Waals surface area contributed by atoms with Crippen LogP contribution in [0.2, 0.25) is 0 Å². The monoisotopic (exact) mass is 217 g/mol. The molecule has 13 heavy (non-hydrogen) atoms. The molecule has 0 bridgehead atoms. The van der Waals surface area contributed by atoms with Gasteiger partial charge in [-0.2, -0.15) is 16.9 Å². The molecule has 1 saturated heterocycles. The zero-order valence-electron chi connectivity index (χ0n) is 8.20. The van der Waals surface area contributed by atoms with Crippen molar-refractivity contribution in [3.8, 4) is 0 Å². The molecule has 1 rings (SSSR count). The molecule has 1 aliphatic rings. The number of thioether (sulfide) groups is 1. The van der Waals surface area contributed by atoms with E-state index in [2.05, 4.69) is 17.5 Å². The van der Waals surface area contributed by atoms with Crippen LogP contribution in [-0.2, 0) is 0 Å². The minimum atomic E-state index is 0.586. The van der Waals surface area contributed by atoms with Crippen molar-refractivity contribution in [1.82, 2.24) is 10.3 Å². The average Bonchev–Trinajstić information content (AvgIpc) is 2.47. The molecule has 0 aromatic rings. The van der Waals surface area contributed by atoms with Gasteiger partial charge in [0.2, 0.25) is 0 Å². The molecular weight excluding hydrogens is 202 g/mol. The van der Waals surface area contributed by atoms with E-state index in [1.807, 2.05) is 30.8 Å². The van der Waals surface area contributed by atoms with Crippen molar-refractivity contribution >= 4 is 34.8 Å². The van der Waals surface area contributed by atoms with Crippen LogP contribution >= 0.6 is 24.0 Å². The number of nitrogens with zero attached hydrogens (tertiary/aromatic N) is 2. The van der Waals surface area contributed by atoms with Crippen LogP contribution in [0.3, 0.4) is 0 Å². The second-order valence-corrected chi connectivity index (χ2v) is 4.75. The van der Waals surface area contributed by atoms with Gasteiger partial charge in [0.1, 0.15) is 0 Å². The summed E-state index contributed by atoms with van der Waals surface area (Å²) in [6.07, 6.45) is 0. The molecule has 1 aliphatic heterocycles. The van der Waals surface area contributed by atoms with Crippen molar-refractivity contribution in [1.29, 1.82) is 0 Å². The molecule has 5 heteroatoms. The fourth-order valence-electron chi connectivity index (χ4n) is 0.941. The summed E-state index contributed by atoms with van der Waals surface area (Å²) in [4.78, 5) is 1.84. The summed E-state index contributed by atoms with van der Waals surface area (Å²) in [5.74, 6) is 2.79. The highest BCUT2D eigenvalue weighted by Gasteiger charge is 2.18. The average molecular weight is 217 g/mol. The molecule has 0 amide bonds. The Morgan fingerprint density at radius 1 is 1.69 bits per heavy atom. The van der Waals surface area contributed by atoms with Crippen LogP contribution in [0.1, 0.15) is 6.92 Å². The van der Waals surface area contributed by atoms with Crippen molar-refractivity contribution in [3.05, 3.63) is 0 Å². The van der Waals surface area contributed by atoms with Gasteiger partial charge in [-0.15, -0.1) is 0 Å². The Hall–Kier alpha value is -0.290. The summed E-state index contributed by atoms with van der Waals surface area (Å²) >= 11 is 6.97. The maximum Gasteiger partial charge on any atom is 0.189 e. The van der Waals surface area contributed by atoms with Crippen LogP contribution in [0.4, 0.5) is 0 Å². The third kappa shape index (κ3) is 3.15. The van der Waals surface area contributed by atoms with Crippen LogP contribution in [-0.4, -0.2) is 41.3 Å². The first-order valence-electron chi connectivity index (χ1n) is 4.22. The zero-order valence-corrected chi connectivity index (χ0v) is 9.84. The molecule has 1 N–H and O–H groups in total. The summed E-state index contributed by atoms with van der Waals surface area (Å²) in [7, 11) is 3.81. The van der Waals surface area contributed by atoms with E-state index >= 15 is 0 Å². The molecule has 0 radical (unpaired) electrons. The number of nitrogens with one attached hydrogen (secondary N) is 1. The molecule has 74 valence electrons. The number of hydrogen-bond acceptors (Lipinski definition) is 3. The van der Waals surface area contributed by atoms with Gasteiger partial charge in [-0.05, 0) is 12.2 Å². The molecule has 0 aliphatic carbocycles. The first kappa shape index (κ1) is 10.8. The minimum absolute atomic E-state index is 0.586. The van der Waals surface area contributed by atoms with E-state index in [0.717, 1.165) is 5.75 Å². The second-order valence-electron chi connectivity index (χ2n) is 3.33. The Morgan fingerprint density at radius 3 is 2.85 bits per heavy atom. The highest BCUT2D eigenvalue weighted by atomic mass is 32.2. The molecular formula is C8H15N3S2. The Balaban J connectivity index is 2.43. The zero-order chi connectivity index (χ0) is 9.84. The Labute approximate surface area is 88.9 Å². The lowest BCUT2D eigenvalue weighted by Gasteiger charge is -2.13. The molecule has 1 heterocycles. The van der Waals surface area contributed by atoms with E-state index in [1.165, 1.54) is 11.5 Å². The van der Waals surface area contributed by atoms with Gasteiger partial charge in [0.15, 0.2) is 5.11 Å². The molecule has 1 fully saturated rings. The topological polar surface area (TPSA) is 27.6 Å². The van der Waals surface area contributed by atoms with Gasteiger partial charge in [0.25, 0.3) is 0 Å². The van der Waals surface area contributed by atoms with Gasteiger partial charge in [0, 0.05) is 31.5 Å². The second kappa shape index (κ2) is 4.81. The molecule has 3 nitrogen and oxygen atoms in total. The lowest BCUT2D eigenvalue weighted by molar-refractivity contribution is 0.605. The summed E-state index contributed by atoms with van der Waals surface area (Å²) in [6, 6.07) is 0. The molecule has 0 spiro atoms. The van der Waals surface area contributed by atoms with Crippen molar-refractivity contribution < 1.29 is 0 Å². The van der Waals surface area contributed by atoms with Crippen molar-refractivity contribution in [2.24, 2.45) is 11.0 Å². The van der Waals surface area contributed by atoms with Crippen molar-refractivity contribution in [3.63, 3.8) is 0 Å². The van der Waals surface area contributed by atoms with E-state index < -0.39 is 0 Å². The number of hydrogen-bond donors (Lipinski definition) is 1. The number of hydrazone groups is 1. The van der Waals surface area contributed by atoms with E-state index in [4.69, 9.17) is 12.2 Å². The lowest BCUT2D eigenvalue weighted by Crippen LogP contribution is -2.32. The predicted molar refractivity (Wildman–Crippen MR) is 63.3 cm³/mol. The maximum absolute atomic E-state index is 5.05. The quantitative estimate of drug-likeness (QED) is 0.527. The standard InChI is InChI=1S/C8H15N3S2/c1-6-4-13-5-7(6)9-10-8(12)11(2)3/h6H,4-5H2,1-3H3,(H,10,12)/b9-7+. The van der Waals surface area contributed by atoms with Gasteiger partial charge in [0.05, 0.1) is 5.71 Å². The normalized spacial score (nSPS) is 24.8. The maximum atomic E-state index is 5.05. The lowest BCUT2D eigenvalue weighted by atomic mass is 10.1. The Morgan fingerprint density at radius 2 is 2.38 bits per heavy atom. The van der Waals surface area contributed by atoms with E-state index in [-0.39, 0.29) is 0 Å². The highest BCUT2D eigenvalue weighted by molar-refractivity contribution is 8.00. The van der Waals surface area contributed by atoms with Crippen LogP contribution in [0.15, 0.2) is 5.10 Å². The first-order valence-corrected chi connectivity index (χ1v) is 5.79. The minimum Gasteiger partial charge on any atom is -0.354 e. The van der Waals surface area contributed by atoms with E-state index in [1.54, 1.807) is 0 Å².